The molecule has 0 atom stereocenters. The summed E-state index contributed by atoms with van der Waals surface area (Å²) in [6.45, 7) is 4.20. The van der Waals surface area contributed by atoms with Gasteiger partial charge in [-0.15, -0.1) is 0 Å². The van der Waals surface area contributed by atoms with Crippen LogP contribution in [0.3, 0.4) is 0 Å². The molecule has 0 bridgehead atoms. The van der Waals surface area contributed by atoms with E-state index in [4.69, 9.17) is 5.73 Å². The maximum atomic E-state index is 10.9. The minimum atomic E-state index is -0.474. The molecule has 1 heterocycles. The van der Waals surface area contributed by atoms with E-state index in [2.05, 4.69) is 4.98 Å². The summed E-state index contributed by atoms with van der Waals surface area (Å²) in [5, 5.41) is 1.41. The highest BCUT2D eigenvalue weighted by Gasteiger charge is 2.09. The molecule has 0 aliphatic rings. The van der Waals surface area contributed by atoms with Gasteiger partial charge in [0.25, 0.3) is 0 Å². The Hall–Kier alpha value is -1.52. The van der Waals surface area contributed by atoms with Crippen molar-refractivity contribution in [2.45, 2.75) is 13.8 Å². The van der Waals surface area contributed by atoms with Gasteiger partial charge >= 0.3 is 6.03 Å². The largest absolute Gasteiger partial charge is 0.350 e. The SMILES string of the molecule is CCN(C(N)=O)n1ccnc1C. The van der Waals surface area contributed by atoms with Crippen molar-refractivity contribution in [3.8, 4) is 0 Å². The van der Waals surface area contributed by atoms with Crippen LogP contribution in [0.15, 0.2) is 12.4 Å². The summed E-state index contributed by atoms with van der Waals surface area (Å²) >= 11 is 0. The number of nitrogens with zero attached hydrogens (tertiary/aromatic N) is 3. The average molecular weight is 168 g/mol. The second-order valence-electron chi connectivity index (χ2n) is 2.37. The first-order valence-electron chi connectivity index (χ1n) is 3.74. The van der Waals surface area contributed by atoms with Crippen LogP contribution in [0.4, 0.5) is 4.79 Å². The molecule has 5 heteroatoms. The predicted octanol–water partition coefficient (Wildman–Crippen LogP) is 0.228. The molecule has 1 aromatic rings. The highest BCUT2D eigenvalue weighted by Crippen LogP contribution is 1.96. The molecule has 0 aromatic carbocycles. The Balaban J connectivity index is 2.94. The Labute approximate surface area is 70.8 Å². The molecule has 0 fully saturated rings. The molecule has 5 nitrogen and oxygen atoms in total. The minimum absolute atomic E-state index is 0.474. The van der Waals surface area contributed by atoms with Crippen molar-refractivity contribution in [1.82, 2.24) is 9.66 Å². The zero-order valence-corrected chi connectivity index (χ0v) is 7.19. The molecular formula is C7H12N4O. The van der Waals surface area contributed by atoms with Gasteiger partial charge in [-0.05, 0) is 13.8 Å². The van der Waals surface area contributed by atoms with E-state index in [1.165, 1.54) is 5.01 Å². The maximum Gasteiger partial charge on any atom is 0.333 e. The van der Waals surface area contributed by atoms with Gasteiger partial charge in [0.1, 0.15) is 5.82 Å². The normalized spacial score (nSPS) is 9.83. The zero-order valence-electron chi connectivity index (χ0n) is 7.19. The highest BCUT2D eigenvalue weighted by molar-refractivity contribution is 5.82. The second-order valence-corrected chi connectivity index (χ2v) is 2.37. The minimum Gasteiger partial charge on any atom is -0.350 e. The van der Waals surface area contributed by atoms with Crippen molar-refractivity contribution in [3.63, 3.8) is 0 Å². The molecule has 0 aliphatic carbocycles. The summed E-state index contributed by atoms with van der Waals surface area (Å²) in [7, 11) is 0. The summed E-state index contributed by atoms with van der Waals surface area (Å²) in [5.74, 6) is 0.746. The van der Waals surface area contributed by atoms with Crippen LogP contribution in [0, 0.1) is 6.92 Å². The number of aromatic nitrogens is 2. The molecule has 0 spiro atoms. The fourth-order valence-electron chi connectivity index (χ4n) is 1.04. The number of primary amides is 1. The van der Waals surface area contributed by atoms with Crippen LogP contribution < -0.4 is 10.7 Å². The number of carbonyl (C=O) groups is 1. The van der Waals surface area contributed by atoms with E-state index in [1.54, 1.807) is 17.1 Å². The van der Waals surface area contributed by atoms with Gasteiger partial charge in [0.15, 0.2) is 0 Å². The van der Waals surface area contributed by atoms with E-state index in [9.17, 15) is 4.79 Å². The van der Waals surface area contributed by atoms with E-state index in [-0.39, 0.29) is 0 Å². The third-order valence-electron chi connectivity index (χ3n) is 1.61. The Kier molecular flexibility index (Phi) is 2.32. The Morgan fingerprint density at radius 3 is 2.83 bits per heavy atom. The molecule has 0 saturated carbocycles. The fraction of sp³-hybridized carbons (Fsp3) is 0.429. The predicted molar refractivity (Wildman–Crippen MR) is 45.3 cm³/mol. The van der Waals surface area contributed by atoms with Crippen molar-refractivity contribution in [2.75, 3.05) is 11.6 Å². The lowest BCUT2D eigenvalue weighted by atomic mass is 10.6. The molecule has 1 rings (SSSR count). The number of urea groups is 1. The van der Waals surface area contributed by atoms with E-state index >= 15 is 0 Å². The van der Waals surface area contributed by atoms with Crippen molar-refractivity contribution in [3.05, 3.63) is 18.2 Å². The van der Waals surface area contributed by atoms with Gasteiger partial charge in [-0.25, -0.2) is 19.5 Å². The standard InChI is InChI=1S/C7H12N4O/c1-3-10(7(8)12)11-5-4-9-6(11)2/h4-5H,3H2,1-2H3,(H2,8,12). The van der Waals surface area contributed by atoms with Crippen LogP contribution >= 0.6 is 0 Å². The summed E-state index contributed by atoms with van der Waals surface area (Å²) < 4.78 is 1.63. The molecule has 12 heavy (non-hydrogen) atoms. The van der Waals surface area contributed by atoms with E-state index in [1.807, 2.05) is 13.8 Å². The highest BCUT2D eigenvalue weighted by atomic mass is 16.2. The number of imidazole rings is 1. The van der Waals surface area contributed by atoms with Crippen molar-refractivity contribution in [1.29, 1.82) is 0 Å². The Morgan fingerprint density at radius 2 is 2.50 bits per heavy atom. The number of carbonyl (C=O) groups excluding carboxylic acids is 1. The van der Waals surface area contributed by atoms with Gasteiger partial charge in [0.05, 0.1) is 0 Å². The number of nitrogens with two attached hydrogens (primary N) is 1. The van der Waals surface area contributed by atoms with Gasteiger partial charge in [-0.1, -0.05) is 0 Å². The lowest BCUT2D eigenvalue weighted by Gasteiger charge is -2.20. The van der Waals surface area contributed by atoms with Crippen LogP contribution in [-0.2, 0) is 0 Å². The number of hydrogen-bond acceptors (Lipinski definition) is 2. The van der Waals surface area contributed by atoms with Gasteiger partial charge in [0.2, 0.25) is 0 Å². The molecule has 0 unspecified atom stereocenters. The molecule has 66 valence electrons. The quantitative estimate of drug-likeness (QED) is 0.687. The van der Waals surface area contributed by atoms with E-state index in [0.717, 1.165) is 5.82 Å². The van der Waals surface area contributed by atoms with Crippen LogP contribution in [-0.4, -0.2) is 22.2 Å². The first kappa shape index (κ1) is 8.58. The summed E-state index contributed by atoms with van der Waals surface area (Å²) in [5.41, 5.74) is 5.15. The molecule has 2 N–H and O–H groups in total. The van der Waals surface area contributed by atoms with Crippen LogP contribution in [0.5, 0.6) is 0 Å². The maximum absolute atomic E-state index is 10.9. The number of hydrogen-bond donors (Lipinski definition) is 1. The summed E-state index contributed by atoms with van der Waals surface area (Å²) in [4.78, 5) is 14.9. The van der Waals surface area contributed by atoms with Crippen molar-refractivity contribution < 1.29 is 4.79 Å². The van der Waals surface area contributed by atoms with Crippen molar-refractivity contribution >= 4 is 6.03 Å². The lowest BCUT2D eigenvalue weighted by molar-refractivity contribution is 0.248. The van der Waals surface area contributed by atoms with Gasteiger partial charge in [-0.3, -0.25) is 0 Å². The van der Waals surface area contributed by atoms with Crippen molar-refractivity contribution in [2.24, 2.45) is 5.73 Å². The monoisotopic (exact) mass is 168 g/mol. The van der Waals surface area contributed by atoms with Gasteiger partial charge < -0.3 is 5.73 Å². The Bertz CT molecular complexity index is 281. The lowest BCUT2D eigenvalue weighted by Crippen LogP contribution is -2.44. The number of rotatable bonds is 2. The average Bonchev–Trinajstić information content (AvgIpc) is 2.38. The topological polar surface area (TPSA) is 64.2 Å². The van der Waals surface area contributed by atoms with Gasteiger partial charge in [-0.2, -0.15) is 0 Å². The third-order valence-corrected chi connectivity index (χ3v) is 1.61. The number of aryl methyl sites for hydroxylation is 1. The van der Waals surface area contributed by atoms with Crippen LogP contribution in [0.2, 0.25) is 0 Å². The van der Waals surface area contributed by atoms with Crippen LogP contribution in [0.25, 0.3) is 0 Å². The van der Waals surface area contributed by atoms with Crippen LogP contribution in [0.1, 0.15) is 12.7 Å². The van der Waals surface area contributed by atoms with Gasteiger partial charge in [0, 0.05) is 18.9 Å². The molecule has 0 saturated heterocycles. The van der Waals surface area contributed by atoms with E-state index < -0.39 is 6.03 Å². The first-order valence-corrected chi connectivity index (χ1v) is 3.74. The molecule has 1 aromatic heterocycles. The third kappa shape index (κ3) is 1.39. The number of amides is 2. The summed E-state index contributed by atoms with van der Waals surface area (Å²) in [6.07, 6.45) is 3.32. The molecular weight excluding hydrogens is 156 g/mol. The molecule has 0 radical (unpaired) electrons. The van der Waals surface area contributed by atoms with E-state index in [0.29, 0.717) is 6.54 Å². The Morgan fingerprint density at radius 1 is 1.83 bits per heavy atom. The fourth-order valence-corrected chi connectivity index (χ4v) is 1.04. The zero-order chi connectivity index (χ0) is 9.14. The molecule has 0 aliphatic heterocycles. The molecule has 2 amide bonds. The smallest absolute Gasteiger partial charge is 0.333 e. The summed E-state index contributed by atoms with van der Waals surface area (Å²) in [6, 6.07) is -0.474. The second kappa shape index (κ2) is 3.25. The first-order chi connectivity index (χ1) is 5.66.